The first-order chi connectivity index (χ1) is 14.9. The summed E-state index contributed by atoms with van der Waals surface area (Å²) in [6.45, 7) is 1.85. The molecule has 8 nitrogen and oxygen atoms in total. The zero-order valence-electron chi connectivity index (χ0n) is 17.2. The zero-order chi connectivity index (χ0) is 22.4. The van der Waals surface area contributed by atoms with E-state index in [1.807, 2.05) is 19.1 Å². The maximum atomic E-state index is 12.4. The van der Waals surface area contributed by atoms with Gasteiger partial charge in [-0.25, -0.2) is 0 Å². The molecule has 3 amide bonds. The highest BCUT2D eigenvalue weighted by Crippen LogP contribution is 2.30. The van der Waals surface area contributed by atoms with Crippen LogP contribution in [0.4, 0.5) is 5.69 Å². The molecule has 8 heteroatoms. The minimum atomic E-state index is -0.991. The molecule has 0 spiro atoms. The van der Waals surface area contributed by atoms with Crippen molar-refractivity contribution in [2.24, 2.45) is 11.8 Å². The molecule has 0 bridgehead atoms. The number of aryl methyl sites for hydroxylation is 1. The lowest BCUT2D eigenvalue weighted by molar-refractivity contribution is -0.149. The number of carboxylic acid groups (broad SMARTS) is 1. The number of nitrogens with one attached hydrogen (secondary N) is 3. The summed E-state index contributed by atoms with van der Waals surface area (Å²) < 4.78 is 0. The Hall–Kier alpha value is -3.68. The highest BCUT2D eigenvalue weighted by Gasteiger charge is 2.35. The summed E-state index contributed by atoms with van der Waals surface area (Å²) in [5.41, 5.74) is 6.90. The predicted octanol–water partition coefficient (Wildman–Crippen LogP) is 2.90. The lowest BCUT2D eigenvalue weighted by atomic mass is 9.79. The Morgan fingerprint density at radius 1 is 0.839 bits per heavy atom. The van der Waals surface area contributed by atoms with Crippen LogP contribution in [0.25, 0.3) is 0 Å². The Morgan fingerprint density at radius 2 is 1.48 bits per heavy atom. The van der Waals surface area contributed by atoms with Crippen molar-refractivity contribution in [3.05, 3.63) is 65.2 Å². The van der Waals surface area contributed by atoms with Gasteiger partial charge in [0.1, 0.15) is 0 Å². The van der Waals surface area contributed by atoms with Crippen molar-refractivity contribution in [3.8, 4) is 0 Å². The number of aliphatic carboxylic acids is 1. The van der Waals surface area contributed by atoms with Gasteiger partial charge in [0.25, 0.3) is 11.8 Å². The van der Waals surface area contributed by atoms with Crippen molar-refractivity contribution < 1.29 is 24.3 Å². The van der Waals surface area contributed by atoms with E-state index in [1.54, 1.807) is 24.3 Å². The maximum absolute atomic E-state index is 12.4. The summed E-state index contributed by atoms with van der Waals surface area (Å²) in [7, 11) is 0. The van der Waals surface area contributed by atoms with Crippen LogP contribution in [0.5, 0.6) is 0 Å². The van der Waals surface area contributed by atoms with Crippen molar-refractivity contribution in [1.82, 2.24) is 10.9 Å². The third-order valence-electron chi connectivity index (χ3n) is 5.51. The number of carbonyl (C=O) groups is 4. The minimum Gasteiger partial charge on any atom is -0.481 e. The van der Waals surface area contributed by atoms with Crippen molar-refractivity contribution in [1.29, 1.82) is 0 Å². The predicted molar refractivity (Wildman–Crippen MR) is 114 cm³/mol. The monoisotopic (exact) mass is 423 g/mol. The minimum absolute atomic E-state index is 0.247. The molecule has 162 valence electrons. The van der Waals surface area contributed by atoms with E-state index in [2.05, 4.69) is 16.2 Å². The summed E-state index contributed by atoms with van der Waals surface area (Å²) in [6.07, 6.45) is 2.50. The Kier molecular flexibility index (Phi) is 7.02. The van der Waals surface area contributed by atoms with Crippen LogP contribution < -0.4 is 16.2 Å². The number of anilines is 1. The van der Waals surface area contributed by atoms with E-state index in [0.29, 0.717) is 24.1 Å². The van der Waals surface area contributed by atoms with Crippen molar-refractivity contribution in [2.45, 2.75) is 32.6 Å². The molecular formula is C23H25N3O5. The fourth-order valence-electron chi connectivity index (χ4n) is 3.75. The van der Waals surface area contributed by atoms with Gasteiger partial charge in [-0.15, -0.1) is 0 Å². The number of benzene rings is 2. The number of carbonyl (C=O) groups excluding carboxylic acids is 3. The summed E-state index contributed by atoms with van der Waals surface area (Å²) >= 11 is 0. The molecule has 2 aromatic carbocycles. The van der Waals surface area contributed by atoms with Crippen LogP contribution in [0.1, 0.15) is 52.0 Å². The van der Waals surface area contributed by atoms with Gasteiger partial charge in [-0.05, 0) is 55.7 Å². The van der Waals surface area contributed by atoms with Crippen LogP contribution in [0.2, 0.25) is 0 Å². The van der Waals surface area contributed by atoms with Crippen molar-refractivity contribution in [3.63, 3.8) is 0 Å². The average Bonchev–Trinajstić information content (AvgIpc) is 2.78. The van der Waals surface area contributed by atoms with Crippen LogP contribution in [0, 0.1) is 18.8 Å². The molecule has 31 heavy (non-hydrogen) atoms. The number of carboxylic acids is 1. The van der Waals surface area contributed by atoms with Gasteiger partial charge < -0.3 is 10.4 Å². The lowest BCUT2D eigenvalue weighted by Crippen LogP contribution is -2.47. The van der Waals surface area contributed by atoms with E-state index in [1.165, 1.54) is 12.1 Å². The fraction of sp³-hybridized carbons (Fsp3) is 0.304. The van der Waals surface area contributed by atoms with Crippen LogP contribution in [0.3, 0.4) is 0 Å². The van der Waals surface area contributed by atoms with E-state index < -0.39 is 29.6 Å². The molecule has 2 aromatic rings. The van der Waals surface area contributed by atoms with Gasteiger partial charge in [0.15, 0.2) is 0 Å². The van der Waals surface area contributed by atoms with E-state index in [0.717, 1.165) is 18.4 Å². The molecule has 1 aliphatic rings. The summed E-state index contributed by atoms with van der Waals surface area (Å²) in [4.78, 5) is 48.4. The van der Waals surface area contributed by atoms with Gasteiger partial charge in [-0.2, -0.15) is 0 Å². The molecule has 0 unspecified atom stereocenters. The van der Waals surface area contributed by atoms with Gasteiger partial charge in [0, 0.05) is 16.8 Å². The summed E-state index contributed by atoms with van der Waals surface area (Å²) in [6, 6.07) is 13.5. The summed E-state index contributed by atoms with van der Waals surface area (Å²) in [5, 5.41) is 12.1. The van der Waals surface area contributed by atoms with Gasteiger partial charge in [0.2, 0.25) is 5.91 Å². The first kappa shape index (κ1) is 22.0. The maximum Gasteiger partial charge on any atom is 0.307 e. The molecule has 0 radical (unpaired) electrons. The second-order valence-electron chi connectivity index (χ2n) is 7.63. The van der Waals surface area contributed by atoms with Gasteiger partial charge >= 0.3 is 5.97 Å². The van der Waals surface area contributed by atoms with E-state index >= 15 is 0 Å². The van der Waals surface area contributed by atoms with Crippen LogP contribution in [-0.2, 0) is 9.59 Å². The van der Waals surface area contributed by atoms with E-state index in [-0.39, 0.29) is 11.5 Å². The Bertz CT molecular complexity index is 987. The molecule has 1 saturated carbocycles. The summed E-state index contributed by atoms with van der Waals surface area (Å²) in [5.74, 6) is -3.67. The molecule has 0 heterocycles. The third kappa shape index (κ3) is 5.48. The molecule has 4 N–H and O–H groups in total. The standard InChI is InChI=1S/C23H25N3O5/c1-14-6-2-3-7-17(14)21(28)24-16-12-10-15(11-13-16)20(27)25-26-22(29)18-8-4-5-9-19(18)23(30)31/h2-3,6-7,10-13,18-19H,4-5,8-9H2,1H3,(H,24,28)(H,25,27)(H,26,29)(H,30,31)/t18-,19-/m0/s1. The Labute approximate surface area is 180 Å². The number of rotatable bonds is 5. The van der Waals surface area contributed by atoms with Crippen molar-refractivity contribution >= 4 is 29.4 Å². The number of hydrogen-bond donors (Lipinski definition) is 4. The first-order valence-electron chi connectivity index (χ1n) is 10.2. The highest BCUT2D eigenvalue weighted by atomic mass is 16.4. The smallest absolute Gasteiger partial charge is 0.307 e. The molecule has 0 aromatic heterocycles. The van der Waals surface area contributed by atoms with Gasteiger partial charge in [-0.3, -0.25) is 30.0 Å². The van der Waals surface area contributed by atoms with Crippen LogP contribution in [0.15, 0.2) is 48.5 Å². The Morgan fingerprint density at radius 3 is 2.13 bits per heavy atom. The second-order valence-corrected chi connectivity index (χ2v) is 7.63. The normalized spacial score (nSPS) is 18.0. The molecule has 2 atom stereocenters. The SMILES string of the molecule is Cc1ccccc1C(=O)Nc1ccc(C(=O)NNC(=O)[C@H]2CCCC[C@@H]2C(=O)O)cc1. The molecular weight excluding hydrogens is 398 g/mol. The average molecular weight is 423 g/mol. The van der Waals surface area contributed by atoms with Crippen LogP contribution >= 0.6 is 0 Å². The quantitative estimate of drug-likeness (QED) is 0.551. The second kappa shape index (κ2) is 9.88. The molecule has 0 saturated heterocycles. The number of hydrogen-bond acceptors (Lipinski definition) is 4. The largest absolute Gasteiger partial charge is 0.481 e. The lowest BCUT2D eigenvalue weighted by Gasteiger charge is -2.27. The Balaban J connectivity index is 1.55. The van der Waals surface area contributed by atoms with Crippen molar-refractivity contribution in [2.75, 3.05) is 5.32 Å². The van der Waals surface area contributed by atoms with Gasteiger partial charge in [0.05, 0.1) is 11.8 Å². The number of hydrazine groups is 1. The molecule has 3 rings (SSSR count). The van der Waals surface area contributed by atoms with E-state index in [4.69, 9.17) is 0 Å². The number of amides is 3. The highest BCUT2D eigenvalue weighted by molar-refractivity contribution is 6.05. The fourth-order valence-corrected chi connectivity index (χ4v) is 3.75. The van der Waals surface area contributed by atoms with E-state index in [9.17, 15) is 24.3 Å². The molecule has 1 fully saturated rings. The first-order valence-corrected chi connectivity index (χ1v) is 10.2. The molecule has 0 aliphatic heterocycles. The van der Waals surface area contributed by atoms with Gasteiger partial charge in [-0.1, -0.05) is 31.0 Å². The molecule has 1 aliphatic carbocycles. The zero-order valence-corrected chi connectivity index (χ0v) is 17.2. The third-order valence-corrected chi connectivity index (χ3v) is 5.51. The van der Waals surface area contributed by atoms with Crippen LogP contribution in [-0.4, -0.2) is 28.8 Å². The topological polar surface area (TPSA) is 125 Å².